The number of unbranched alkanes of at least 4 members (excludes halogenated alkanes) is 1. The Morgan fingerprint density at radius 2 is 1.90 bits per heavy atom. The zero-order chi connectivity index (χ0) is 22.1. The average molecular weight is 424 g/mol. The van der Waals surface area contributed by atoms with Crippen LogP contribution in [0, 0.1) is 0 Å². The lowest BCUT2D eigenvalue weighted by Gasteiger charge is -2.28. The number of carbonyl (C=O) groups excluding carboxylic acids is 2. The number of nitrogens with two attached hydrogens (primary N) is 2. The van der Waals surface area contributed by atoms with Crippen LogP contribution in [0.2, 0.25) is 0 Å². The molecular formula is C24H33N5O2. The van der Waals surface area contributed by atoms with E-state index >= 15 is 0 Å². The normalized spacial score (nSPS) is 17.9. The molecule has 1 aliphatic heterocycles. The van der Waals surface area contributed by atoms with Gasteiger partial charge in [-0.05, 0) is 49.9 Å². The summed E-state index contributed by atoms with van der Waals surface area (Å²) in [5.74, 6) is -0.277. The van der Waals surface area contributed by atoms with Crippen molar-refractivity contribution in [2.75, 3.05) is 13.1 Å². The van der Waals surface area contributed by atoms with Crippen molar-refractivity contribution < 1.29 is 9.59 Å². The van der Waals surface area contributed by atoms with Crippen LogP contribution in [-0.4, -0.2) is 46.9 Å². The Labute approximate surface area is 184 Å². The van der Waals surface area contributed by atoms with Crippen LogP contribution in [0.4, 0.5) is 0 Å². The van der Waals surface area contributed by atoms with Crippen molar-refractivity contribution in [1.82, 2.24) is 15.2 Å². The third-order valence-electron chi connectivity index (χ3n) is 5.78. The standard InChI is InChI=1S/C24H33N5O2/c25-14-6-4-12-20(26)24(31)29-16-8-13-22(29)23(30)28-21(18-9-2-1-3-10-18)17-19-11-5-7-15-27-19/h1-3,5,7,9-11,15,20-22H,4,6,8,12-14,16-17,25-26H2,(H,28,30). The molecule has 7 nitrogen and oxygen atoms in total. The molecule has 1 aliphatic rings. The van der Waals surface area contributed by atoms with Gasteiger partial charge in [-0.25, -0.2) is 0 Å². The van der Waals surface area contributed by atoms with Crippen LogP contribution in [-0.2, 0) is 16.0 Å². The van der Waals surface area contributed by atoms with Crippen LogP contribution in [0.1, 0.15) is 49.4 Å². The molecule has 1 aromatic heterocycles. The third-order valence-corrected chi connectivity index (χ3v) is 5.78. The number of aromatic nitrogens is 1. The van der Waals surface area contributed by atoms with E-state index in [4.69, 9.17) is 11.5 Å². The molecule has 3 atom stereocenters. The quantitative estimate of drug-likeness (QED) is 0.505. The summed E-state index contributed by atoms with van der Waals surface area (Å²) in [5.41, 5.74) is 13.6. The number of rotatable bonds is 10. The Bertz CT molecular complexity index is 830. The lowest BCUT2D eigenvalue weighted by molar-refractivity contribution is -0.139. The van der Waals surface area contributed by atoms with E-state index < -0.39 is 12.1 Å². The van der Waals surface area contributed by atoms with E-state index in [1.807, 2.05) is 48.5 Å². The van der Waals surface area contributed by atoms with Gasteiger partial charge in [0.2, 0.25) is 11.8 Å². The SMILES string of the molecule is NCCCCC(N)C(=O)N1CCCC1C(=O)NC(Cc1ccccn1)c1ccccc1. The maximum atomic E-state index is 13.2. The zero-order valence-electron chi connectivity index (χ0n) is 18.0. The molecule has 1 fully saturated rings. The number of carbonyl (C=O) groups is 2. The minimum atomic E-state index is -0.585. The van der Waals surface area contributed by atoms with Gasteiger partial charge in [0.1, 0.15) is 6.04 Å². The first-order chi connectivity index (χ1) is 15.1. The summed E-state index contributed by atoms with van der Waals surface area (Å²) in [6.45, 7) is 1.16. The fourth-order valence-corrected chi connectivity index (χ4v) is 4.08. The van der Waals surface area contributed by atoms with Crippen LogP contribution in [0.3, 0.4) is 0 Å². The molecule has 2 aromatic rings. The highest BCUT2D eigenvalue weighted by Crippen LogP contribution is 2.22. The molecule has 0 bridgehead atoms. The van der Waals surface area contributed by atoms with E-state index in [0.29, 0.717) is 32.4 Å². The summed E-state index contributed by atoms with van der Waals surface area (Å²) in [6.07, 6.45) is 6.03. The third kappa shape index (κ3) is 6.35. The lowest BCUT2D eigenvalue weighted by Crippen LogP contribution is -2.51. The Morgan fingerprint density at radius 1 is 1.13 bits per heavy atom. The molecule has 0 aliphatic carbocycles. The molecule has 1 aromatic carbocycles. The first-order valence-corrected chi connectivity index (χ1v) is 11.1. The van der Waals surface area contributed by atoms with Gasteiger partial charge in [-0.2, -0.15) is 0 Å². The second-order valence-corrected chi connectivity index (χ2v) is 8.08. The highest BCUT2D eigenvalue weighted by Gasteiger charge is 2.36. The van der Waals surface area contributed by atoms with Crippen molar-refractivity contribution in [2.24, 2.45) is 11.5 Å². The molecule has 0 saturated carbocycles. The number of nitrogens with one attached hydrogen (secondary N) is 1. The predicted octanol–water partition coefficient (Wildman–Crippen LogP) is 1.93. The van der Waals surface area contributed by atoms with Gasteiger partial charge in [0.05, 0.1) is 12.1 Å². The minimum absolute atomic E-state index is 0.134. The number of likely N-dealkylation sites (tertiary alicyclic amines) is 1. The van der Waals surface area contributed by atoms with Gasteiger partial charge < -0.3 is 21.7 Å². The van der Waals surface area contributed by atoms with Gasteiger partial charge in [-0.1, -0.05) is 42.8 Å². The van der Waals surface area contributed by atoms with Gasteiger partial charge in [-0.3, -0.25) is 14.6 Å². The monoisotopic (exact) mass is 423 g/mol. The molecule has 31 heavy (non-hydrogen) atoms. The summed E-state index contributed by atoms with van der Waals surface area (Å²) in [7, 11) is 0. The summed E-state index contributed by atoms with van der Waals surface area (Å²) < 4.78 is 0. The summed E-state index contributed by atoms with van der Waals surface area (Å²) >= 11 is 0. The molecular weight excluding hydrogens is 390 g/mol. The van der Waals surface area contributed by atoms with Gasteiger partial charge in [0, 0.05) is 24.9 Å². The molecule has 0 radical (unpaired) electrons. The maximum absolute atomic E-state index is 13.2. The van der Waals surface area contributed by atoms with E-state index in [2.05, 4.69) is 10.3 Å². The fourth-order valence-electron chi connectivity index (χ4n) is 4.08. The van der Waals surface area contributed by atoms with Gasteiger partial charge in [-0.15, -0.1) is 0 Å². The Morgan fingerprint density at radius 3 is 2.61 bits per heavy atom. The zero-order valence-corrected chi connectivity index (χ0v) is 18.0. The van der Waals surface area contributed by atoms with E-state index in [0.717, 1.165) is 30.5 Å². The van der Waals surface area contributed by atoms with Gasteiger partial charge in [0.15, 0.2) is 0 Å². The van der Waals surface area contributed by atoms with E-state index in [1.54, 1.807) is 11.1 Å². The molecule has 3 rings (SSSR count). The Kier molecular flexibility index (Phi) is 8.55. The highest BCUT2D eigenvalue weighted by atomic mass is 16.2. The first kappa shape index (κ1) is 22.9. The molecule has 5 N–H and O–H groups in total. The van der Waals surface area contributed by atoms with Crippen molar-refractivity contribution in [3.63, 3.8) is 0 Å². The summed E-state index contributed by atoms with van der Waals surface area (Å²) in [6, 6.07) is 14.3. The number of hydrogen-bond acceptors (Lipinski definition) is 5. The molecule has 166 valence electrons. The van der Waals surface area contributed by atoms with Crippen LogP contribution in [0.5, 0.6) is 0 Å². The molecule has 2 heterocycles. The largest absolute Gasteiger partial charge is 0.347 e. The minimum Gasteiger partial charge on any atom is -0.347 e. The molecule has 2 amide bonds. The van der Waals surface area contributed by atoms with Crippen LogP contribution in [0.15, 0.2) is 54.7 Å². The average Bonchev–Trinajstić information content (AvgIpc) is 3.29. The first-order valence-electron chi connectivity index (χ1n) is 11.1. The van der Waals surface area contributed by atoms with Gasteiger partial charge in [0.25, 0.3) is 0 Å². The van der Waals surface area contributed by atoms with Crippen LogP contribution < -0.4 is 16.8 Å². The number of nitrogens with zero attached hydrogens (tertiary/aromatic N) is 2. The molecule has 7 heteroatoms. The number of hydrogen-bond donors (Lipinski definition) is 3. The van der Waals surface area contributed by atoms with Crippen molar-refractivity contribution in [3.8, 4) is 0 Å². The van der Waals surface area contributed by atoms with E-state index in [1.165, 1.54) is 0 Å². The number of benzene rings is 1. The maximum Gasteiger partial charge on any atom is 0.243 e. The van der Waals surface area contributed by atoms with Crippen molar-refractivity contribution in [2.45, 2.75) is 56.7 Å². The van der Waals surface area contributed by atoms with Crippen molar-refractivity contribution in [3.05, 3.63) is 66.0 Å². The van der Waals surface area contributed by atoms with E-state index in [9.17, 15) is 9.59 Å². The second kappa shape index (κ2) is 11.6. The van der Waals surface area contributed by atoms with Gasteiger partial charge >= 0.3 is 0 Å². The van der Waals surface area contributed by atoms with Crippen LogP contribution in [0.25, 0.3) is 0 Å². The number of pyridine rings is 1. The van der Waals surface area contributed by atoms with Crippen molar-refractivity contribution in [1.29, 1.82) is 0 Å². The summed E-state index contributed by atoms with van der Waals surface area (Å²) in [5, 5.41) is 3.17. The molecule has 1 saturated heterocycles. The number of amides is 2. The second-order valence-electron chi connectivity index (χ2n) is 8.08. The topological polar surface area (TPSA) is 114 Å². The van der Waals surface area contributed by atoms with Crippen molar-refractivity contribution >= 4 is 11.8 Å². The molecule has 3 unspecified atom stereocenters. The predicted molar refractivity (Wildman–Crippen MR) is 121 cm³/mol. The Balaban J connectivity index is 1.69. The smallest absolute Gasteiger partial charge is 0.243 e. The highest BCUT2D eigenvalue weighted by molar-refractivity contribution is 5.90. The Hall–Kier alpha value is -2.77. The lowest BCUT2D eigenvalue weighted by atomic mass is 10.0. The fraction of sp³-hybridized carbons (Fsp3) is 0.458. The molecule has 0 spiro atoms. The van der Waals surface area contributed by atoms with Crippen LogP contribution >= 0.6 is 0 Å². The van der Waals surface area contributed by atoms with E-state index in [-0.39, 0.29) is 17.9 Å². The summed E-state index contributed by atoms with van der Waals surface area (Å²) in [4.78, 5) is 32.2.